The minimum absolute atomic E-state index is 0.804. The van der Waals surface area contributed by atoms with Gasteiger partial charge in [0, 0.05) is 17.6 Å². The van der Waals surface area contributed by atoms with Crippen LogP contribution in [0.5, 0.6) is 0 Å². The van der Waals surface area contributed by atoms with E-state index in [0.29, 0.717) is 0 Å². The zero-order valence-corrected chi connectivity index (χ0v) is 10.3. The van der Waals surface area contributed by atoms with Crippen LogP contribution >= 0.6 is 11.3 Å². The summed E-state index contributed by atoms with van der Waals surface area (Å²) in [5.74, 6) is 0.804. The van der Waals surface area contributed by atoms with Crippen LogP contribution in [0.3, 0.4) is 0 Å². The first-order valence-corrected chi connectivity index (χ1v) is 6.40. The predicted molar refractivity (Wildman–Crippen MR) is 71.6 cm³/mol. The first kappa shape index (κ1) is 10.9. The predicted octanol–water partition coefficient (Wildman–Crippen LogP) is 2.76. The summed E-state index contributed by atoms with van der Waals surface area (Å²) in [6.45, 7) is 0. The third kappa shape index (κ3) is 2.36. The number of anilines is 2. The van der Waals surface area contributed by atoms with E-state index in [0.717, 1.165) is 22.2 Å². The minimum atomic E-state index is 0.804. The molecule has 0 aromatic carbocycles. The van der Waals surface area contributed by atoms with Crippen LogP contribution in [-0.4, -0.2) is 9.97 Å². The van der Waals surface area contributed by atoms with E-state index in [4.69, 9.17) is 0 Å². The molecule has 5 heteroatoms. The van der Waals surface area contributed by atoms with Gasteiger partial charge in [0.15, 0.2) is 17.5 Å². The van der Waals surface area contributed by atoms with E-state index in [2.05, 4.69) is 20.3 Å². The molecule has 0 fully saturated rings. The number of hydrogen-bond donors (Lipinski definition) is 1. The maximum Gasteiger partial charge on any atom is 0.188 e. The molecule has 2 N–H and O–H groups in total. The lowest BCUT2D eigenvalue weighted by Gasteiger charge is -1.99. The molecule has 88 valence electrons. The molecule has 3 rings (SSSR count). The average molecular weight is 255 g/mol. The van der Waals surface area contributed by atoms with Crippen LogP contribution in [-0.2, 0) is 0 Å². The minimum Gasteiger partial charge on any atom is -0.316 e. The molecule has 18 heavy (non-hydrogen) atoms. The van der Waals surface area contributed by atoms with Gasteiger partial charge in [-0.25, -0.2) is 15.0 Å². The van der Waals surface area contributed by atoms with E-state index in [-0.39, 0.29) is 0 Å². The van der Waals surface area contributed by atoms with Crippen LogP contribution in [0.4, 0.5) is 10.9 Å². The second-order valence-corrected chi connectivity index (χ2v) is 4.53. The first-order valence-electron chi connectivity index (χ1n) is 5.52. The van der Waals surface area contributed by atoms with Crippen LogP contribution in [0.15, 0.2) is 54.3 Å². The topological polar surface area (TPSA) is 52.0 Å². The molecular weight excluding hydrogens is 244 g/mol. The molecule has 0 aliphatic carbocycles. The summed E-state index contributed by atoms with van der Waals surface area (Å²) >= 11 is 1.56. The Bertz CT molecular complexity index is 622. The molecule has 0 amide bonds. The van der Waals surface area contributed by atoms with Gasteiger partial charge in [0.25, 0.3) is 0 Å². The maximum atomic E-state index is 4.52. The van der Waals surface area contributed by atoms with Crippen molar-refractivity contribution in [2.75, 3.05) is 5.32 Å². The molecule has 0 atom stereocenters. The molecule has 0 unspecified atom stereocenters. The molecule has 0 radical (unpaired) electrons. The Morgan fingerprint density at radius 2 is 2.17 bits per heavy atom. The van der Waals surface area contributed by atoms with Gasteiger partial charge in [-0.15, -0.1) is 11.3 Å². The summed E-state index contributed by atoms with van der Waals surface area (Å²) in [6.07, 6.45) is 5.56. The zero-order chi connectivity index (χ0) is 12.2. The molecule has 0 aliphatic rings. The lowest BCUT2D eigenvalue weighted by molar-refractivity contribution is -0.377. The number of nitrogens with one attached hydrogen (secondary N) is 2. The van der Waals surface area contributed by atoms with Crippen molar-refractivity contribution in [1.29, 1.82) is 0 Å². The molecule has 0 bridgehead atoms. The lowest BCUT2D eigenvalue weighted by atomic mass is 10.2. The Labute approximate surface area is 108 Å². The van der Waals surface area contributed by atoms with Crippen LogP contribution in [0.2, 0.25) is 0 Å². The Kier molecular flexibility index (Phi) is 2.97. The van der Waals surface area contributed by atoms with E-state index in [1.165, 1.54) is 0 Å². The van der Waals surface area contributed by atoms with E-state index in [1.54, 1.807) is 17.5 Å². The van der Waals surface area contributed by atoms with Gasteiger partial charge in [0.1, 0.15) is 5.82 Å². The van der Waals surface area contributed by atoms with Crippen molar-refractivity contribution in [3.05, 3.63) is 54.3 Å². The molecular formula is C13H11N4S+. The highest BCUT2D eigenvalue weighted by Gasteiger charge is 2.06. The summed E-state index contributed by atoms with van der Waals surface area (Å²) < 4.78 is 0. The van der Waals surface area contributed by atoms with Gasteiger partial charge < -0.3 is 5.32 Å². The average Bonchev–Trinajstić information content (AvgIpc) is 2.89. The summed E-state index contributed by atoms with van der Waals surface area (Å²) in [5.41, 5.74) is 2.03. The second kappa shape index (κ2) is 4.93. The Hall–Kier alpha value is -2.27. The second-order valence-electron chi connectivity index (χ2n) is 3.67. The number of H-pyrrole nitrogens is 1. The number of rotatable bonds is 3. The van der Waals surface area contributed by atoms with Crippen LogP contribution in [0, 0.1) is 0 Å². The number of hydrogen-bond acceptors (Lipinski definition) is 4. The van der Waals surface area contributed by atoms with Gasteiger partial charge in [-0.2, -0.15) is 0 Å². The number of nitrogens with zero attached hydrogens (tertiary/aromatic N) is 2. The standard InChI is InChI=1S/C13H10N4S/c1-2-7-15-12(5-1)17-13-16-11(9-18-13)10-4-3-6-14-8-10/h1-9H,(H,15,16,17)/p+1. The molecule has 0 saturated carbocycles. The van der Waals surface area contributed by atoms with Gasteiger partial charge in [-0.1, -0.05) is 6.07 Å². The van der Waals surface area contributed by atoms with Crippen LogP contribution in [0.25, 0.3) is 11.3 Å². The normalized spacial score (nSPS) is 10.2. The number of thiazole rings is 1. The van der Waals surface area contributed by atoms with Crippen molar-refractivity contribution in [3.8, 4) is 11.3 Å². The zero-order valence-electron chi connectivity index (χ0n) is 9.50. The van der Waals surface area contributed by atoms with Gasteiger partial charge in [-0.05, 0) is 18.2 Å². The van der Waals surface area contributed by atoms with Crippen molar-refractivity contribution < 1.29 is 4.98 Å². The van der Waals surface area contributed by atoms with Crippen molar-refractivity contribution in [2.45, 2.75) is 0 Å². The SMILES string of the molecule is c1ccc(Nc2nc(-c3ccc[nH+]c3)cs2)nc1. The fraction of sp³-hybridized carbons (Fsp3) is 0. The third-order valence-corrected chi connectivity index (χ3v) is 3.16. The van der Waals surface area contributed by atoms with E-state index >= 15 is 0 Å². The molecule has 0 saturated heterocycles. The summed E-state index contributed by atoms with van der Waals surface area (Å²) in [4.78, 5) is 11.8. The van der Waals surface area contributed by atoms with E-state index < -0.39 is 0 Å². The van der Waals surface area contributed by atoms with Crippen LogP contribution in [0.1, 0.15) is 0 Å². The van der Waals surface area contributed by atoms with Crippen molar-refractivity contribution >= 4 is 22.3 Å². The Morgan fingerprint density at radius 3 is 2.94 bits per heavy atom. The highest BCUT2D eigenvalue weighted by atomic mass is 32.1. The lowest BCUT2D eigenvalue weighted by Crippen LogP contribution is -1.98. The van der Waals surface area contributed by atoms with Crippen molar-refractivity contribution in [2.24, 2.45) is 0 Å². The summed E-state index contributed by atoms with van der Waals surface area (Å²) in [6, 6.07) is 9.72. The van der Waals surface area contributed by atoms with Gasteiger partial charge >= 0.3 is 0 Å². The quantitative estimate of drug-likeness (QED) is 0.783. The largest absolute Gasteiger partial charge is 0.316 e. The molecule has 3 heterocycles. The van der Waals surface area contributed by atoms with Crippen LogP contribution < -0.4 is 10.3 Å². The smallest absolute Gasteiger partial charge is 0.188 e. The summed E-state index contributed by atoms with van der Waals surface area (Å²) in [5, 5.41) is 6.04. The molecule has 3 aromatic rings. The number of aromatic nitrogens is 3. The molecule has 4 nitrogen and oxygen atoms in total. The molecule has 0 spiro atoms. The van der Waals surface area contributed by atoms with E-state index in [1.807, 2.05) is 48.1 Å². The third-order valence-electron chi connectivity index (χ3n) is 2.41. The molecule has 0 aliphatic heterocycles. The molecule has 3 aromatic heterocycles. The van der Waals surface area contributed by atoms with Gasteiger partial charge in [0.05, 0.1) is 11.3 Å². The number of aromatic amines is 1. The Morgan fingerprint density at radius 1 is 1.17 bits per heavy atom. The highest BCUT2D eigenvalue weighted by Crippen LogP contribution is 2.25. The fourth-order valence-electron chi connectivity index (χ4n) is 1.56. The van der Waals surface area contributed by atoms with Gasteiger partial charge in [-0.3, -0.25) is 0 Å². The number of pyridine rings is 2. The summed E-state index contributed by atoms with van der Waals surface area (Å²) in [7, 11) is 0. The monoisotopic (exact) mass is 255 g/mol. The first-order chi connectivity index (χ1) is 8.92. The highest BCUT2D eigenvalue weighted by molar-refractivity contribution is 7.14. The maximum absolute atomic E-state index is 4.52. The van der Waals surface area contributed by atoms with Crippen molar-refractivity contribution in [3.63, 3.8) is 0 Å². The van der Waals surface area contributed by atoms with E-state index in [9.17, 15) is 0 Å². The van der Waals surface area contributed by atoms with Crippen molar-refractivity contribution in [1.82, 2.24) is 9.97 Å². The fourth-order valence-corrected chi connectivity index (χ4v) is 2.29. The van der Waals surface area contributed by atoms with Gasteiger partial charge in [0.2, 0.25) is 0 Å². The Balaban J connectivity index is 1.82.